The molecule has 0 atom stereocenters. The van der Waals surface area contributed by atoms with E-state index in [0.29, 0.717) is 13.2 Å². The first-order valence-electron chi connectivity index (χ1n) is 8.00. The largest absolute Gasteiger partial charge is 0.494 e. The summed E-state index contributed by atoms with van der Waals surface area (Å²) in [5.41, 5.74) is 3.78. The highest BCUT2D eigenvalue weighted by Gasteiger charge is 2.15. The summed E-state index contributed by atoms with van der Waals surface area (Å²) in [4.78, 5) is 0. The van der Waals surface area contributed by atoms with E-state index in [1.165, 1.54) is 16.7 Å². The van der Waals surface area contributed by atoms with E-state index in [1.807, 2.05) is 19.1 Å². The molecule has 0 amide bonds. The second kappa shape index (κ2) is 8.13. The molecule has 0 heterocycles. The molecule has 0 bridgehead atoms. The van der Waals surface area contributed by atoms with Gasteiger partial charge in [-0.3, -0.25) is 0 Å². The van der Waals surface area contributed by atoms with Crippen LogP contribution in [0, 0.1) is 0 Å². The van der Waals surface area contributed by atoms with Crippen molar-refractivity contribution >= 4 is 24.2 Å². The number of benzene rings is 2. The average Bonchev–Trinajstić information content (AvgIpc) is 2.48. The Bertz CT molecular complexity index is 633. The van der Waals surface area contributed by atoms with Crippen LogP contribution in [-0.4, -0.2) is 14.9 Å². The second-order valence-corrected chi connectivity index (χ2v) is 11.9. The summed E-state index contributed by atoms with van der Waals surface area (Å²) in [6, 6.07) is 14.9. The Morgan fingerprint density at radius 1 is 0.957 bits per heavy atom. The maximum Gasteiger partial charge on any atom is 0.184 e. The lowest BCUT2D eigenvalue weighted by atomic mass is 10.0. The average molecular weight is 393 g/mol. The maximum absolute atomic E-state index is 5.99. The summed E-state index contributed by atoms with van der Waals surface area (Å²) in [5, 5.41) is 0. The van der Waals surface area contributed by atoms with Crippen LogP contribution in [0.15, 0.2) is 46.9 Å². The molecule has 124 valence electrons. The second-order valence-electron chi connectivity index (χ2n) is 6.58. The van der Waals surface area contributed by atoms with Gasteiger partial charge in [0.05, 0.1) is 13.2 Å². The van der Waals surface area contributed by atoms with Crippen molar-refractivity contribution in [3.05, 3.63) is 63.6 Å². The van der Waals surface area contributed by atoms with Crippen molar-refractivity contribution < 1.29 is 9.16 Å². The predicted molar refractivity (Wildman–Crippen MR) is 103 cm³/mol. The highest BCUT2D eigenvalue weighted by atomic mass is 79.9. The SMILES string of the molecule is CCOc1ccc(Cc2ccc(CO[Si](C)(C)C)c(Br)c2)cc1. The Balaban J connectivity index is 2.02. The Morgan fingerprint density at radius 3 is 2.17 bits per heavy atom. The van der Waals surface area contributed by atoms with E-state index < -0.39 is 8.32 Å². The van der Waals surface area contributed by atoms with Crippen LogP contribution in [0.2, 0.25) is 19.6 Å². The van der Waals surface area contributed by atoms with E-state index in [-0.39, 0.29) is 0 Å². The van der Waals surface area contributed by atoms with Gasteiger partial charge in [0.2, 0.25) is 0 Å². The van der Waals surface area contributed by atoms with Gasteiger partial charge in [0, 0.05) is 4.47 Å². The Labute approximate surface area is 149 Å². The zero-order valence-corrected chi connectivity index (χ0v) is 16.9. The van der Waals surface area contributed by atoms with Crippen LogP contribution in [0.1, 0.15) is 23.6 Å². The highest BCUT2D eigenvalue weighted by Crippen LogP contribution is 2.23. The van der Waals surface area contributed by atoms with Gasteiger partial charge in [0.15, 0.2) is 8.32 Å². The summed E-state index contributed by atoms with van der Waals surface area (Å²) in [7, 11) is -1.48. The van der Waals surface area contributed by atoms with Crippen LogP contribution < -0.4 is 4.74 Å². The number of ether oxygens (including phenoxy) is 1. The molecular weight excluding hydrogens is 368 g/mol. The first-order chi connectivity index (χ1) is 10.9. The van der Waals surface area contributed by atoms with E-state index in [4.69, 9.17) is 9.16 Å². The minimum Gasteiger partial charge on any atom is -0.494 e. The third-order valence-electron chi connectivity index (χ3n) is 3.42. The molecule has 2 aromatic rings. The molecule has 23 heavy (non-hydrogen) atoms. The number of hydrogen-bond donors (Lipinski definition) is 0. The summed E-state index contributed by atoms with van der Waals surface area (Å²) in [6.45, 7) is 10.0. The van der Waals surface area contributed by atoms with E-state index >= 15 is 0 Å². The van der Waals surface area contributed by atoms with Gasteiger partial charge in [0.1, 0.15) is 5.75 Å². The molecule has 2 nitrogen and oxygen atoms in total. The Kier molecular flexibility index (Phi) is 6.45. The fourth-order valence-corrected chi connectivity index (χ4v) is 3.35. The number of rotatable bonds is 7. The van der Waals surface area contributed by atoms with E-state index in [2.05, 4.69) is 65.9 Å². The molecule has 0 N–H and O–H groups in total. The first-order valence-corrected chi connectivity index (χ1v) is 12.2. The van der Waals surface area contributed by atoms with Gasteiger partial charge in [-0.15, -0.1) is 0 Å². The Hall–Kier alpha value is -1.10. The molecule has 0 aromatic heterocycles. The molecule has 0 spiro atoms. The molecule has 0 aliphatic rings. The topological polar surface area (TPSA) is 18.5 Å². The lowest BCUT2D eigenvalue weighted by molar-refractivity contribution is 0.299. The van der Waals surface area contributed by atoms with Gasteiger partial charge in [-0.2, -0.15) is 0 Å². The van der Waals surface area contributed by atoms with Crippen LogP contribution in [0.5, 0.6) is 5.75 Å². The third-order valence-corrected chi connectivity index (χ3v) is 5.17. The van der Waals surface area contributed by atoms with Crippen molar-refractivity contribution in [2.45, 2.75) is 39.6 Å². The Morgan fingerprint density at radius 2 is 1.61 bits per heavy atom. The van der Waals surface area contributed by atoms with Crippen LogP contribution in [0.3, 0.4) is 0 Å². The van der Waals surface area contributed by atoms with Crippen molar-refractivity contribution in [3.8, 4) is 5.75 Å². The molecule has 0 aliphatic carbocycles. The standard InChI is InChI=1S/C19H25BrO2Si/c1-5-21-18-10-7-15(8-11-18)12-16-6-9-17(19(20)13-16)14-22-23(2,3)4/h6-11,13H,5,12,14H2,1-4H3. The predicted octanol–water partition coefficient (Wildman–Crippen LogP) is 5.79. The fraction of sp³-hybridized carbons (Fsp3) is 0.368. The third kappa shape index (κ3) is 6.13. The van der Waals surface area contributed by atoms with E-state index in [9.17, 15) is 0 Å². The summed E-state index contributed by atoms with van der Waals surface area (Å²) >= 11 is 3.68. The number of halogens is 1. The van der Waals surface area contributed by atoms with Crippen LogP contribution in [-0.2, 0) is 17.5 Å². The van der Waals surface area contributed by atoms with Crippen molar-refractivity contribution in [1.29, 1.82) is 0 Å². The highest BCUT2D eigenvalue weighted by molar-refractivity contribution is 9.10. The molecule has 0 unspecified atom stereocenters. The van der Waals surface area contributed by atoms with Crippen LogP contribution in [0.25, 0.3) is 0 Å². The van der Waals surface area contributed by atoms with E-state index in [0.717, 1.165) is 16.6 Å². The van der Waals surface area contributed by atoms with Gasteiger partial charge < -0.3 is 9.16 Å². The van der Waals surface area contributed by atoms with Gasteiger partial charge >= 0.3 is 0 Å². The number of hydrogen-bond acceptors (Lipinski definition) is 2. The summed E-state index contributed by atoms with van der Waals surface area (Å²) < 4.78 is 12.6. The molecule has 4 heteroatoms. The zero-order chi connectivity index (χ0) is 16.9. The van der Waals surface area contributed by atoms with Gasteiger partial charge in [-0.05, 0) is 67.9 Å². The monoisotopic (exact) mass is 392 g/mol. The summed E-state index contributed by atoms with van der Waals surface area (Å²) in [5.74, 6) is 0.927. The molecule has 0 saturated carbocycles. The quantitative estimate of drug-likeness (QED) is 0.555. The van der Waals surface area contributed by atoms with Gasteiger partial charge in [0.25, 0.3) is 0 Å². The zero-order valence-electron chi connectivity index (χ0n) is 14.4. The lowest BCUT2D eigenvalue weighted by Gasteiger charge is -2.18. The minimum absolute atomic E-state index is 0.680. The van der Waals surface area contributed by atoms with Crippen LogP contribution in [0.4, 0.5) is 0 Å². The summed E-state index contributed by atoms with van der Waals surface area (Å²) in [6.07, 6.45) is 0.917. The molecule has 2 rings (SSSR count). The normalized spacial score (nSPS) is 11.5. The molecular formula is C19H25BrO2Si. The molecule has 0 radical (unpaired) electrons. The molecule has 0 saturated heterocycles. The van der Waals surface area contributed by atoms with Crippen molar-refractivity contribution in [1.82, 2.24) is 0 Å². The van der Waals surface area contributed by atoms with Gasteiger partial charge in [-0.25, -0.2) is 0 Å². The fourth-order valence-electron chi connectivity index (χ4n) is 2.22. The first kappa shape index (κ1) is 18.2. The van der Waals surface area contributed by atoms with Crippen molar-refractivity contribution in [2.75, 3.05) is 6.61 Å². The maximum atomic E-state index is 5.99. The van der Waals surface area contributed by atoms with Crippen molar-refractivity contribution in [3.63, 3.8) is 0 Å². The van der Waals surface area contributed by atoms with E-state index in [1.54, 1.807) is 0 Å². The minimum atomic E-state index is -1.48. The smallest absolute Gasteiger partial charge is 0.184 e. The van der Waals surface area contributed by atoms with Gasteiger partial charge in [-0.1, -0.05) is 40.2 Å². The van der Waals surface area contributed by atoms with Crippen molar-refractivity contribution in [2.24, 2.45) is 0 Å². The molecule has 0 fully saturated rings. The van der Waals surface area contributed by atoms with Crippen LogP contribution >= 0.6 is 15.9 Å². The lowest BCUT2D eigenvalue weighted by Crippen LogP contribution is -2.24. The molecule has 2 aromatic carbocycles. The molecule has 0 aliphatic heterocycles.